The molecule has 0 atom stereocenters. The summed E-state index contributed by atoms with van der Waals surface area (Å²) in [6.07, 6.45) is 10.4. The Labute approximate surface area is 274 Å². The minimum absolute atomic E-state index is 0.00601. The molecule has 1 saturated heterocycles. The van der Waals surface area contributed by atoms with Crippen LogP contribution in [0.15, 0.2) is 53.7 Å². The average Bonchev–Trinajstić information content (AvgIpc) is 3.68. The van der Waals surface area contributed by atoms with Gasteiger partial charge in [0.2, 0.25) is 5.95 Å². The lowest BCUT2D eigenvalue weighted by molar-refractivity contribution is 0.0745. The van der Waals surface area contributed by atoms with Crippen LogP contribution in [0.4, 0.5) is 17.8 Å². The highest BCUT2D eigenvalue weighted by molar-refractivity contribution is 5.99. The number of nitrogen functional groups attached to an aromatic ring is 2. The van der Waals surface area contributed by atoms with Gasteiger partial charge in [0.1, 0.15) is 29.2 Å². The molecule has 1 amide bonds. The van der Waals surface area contributed by atoms with Crippen molar-refractivity contribution in [3.05, 3.63) is 66.3 Å². The van der Waals surface area contributed by atoms with Crippen molar-refractivity contribution in [3.8, 4) is 11.3 Å². The number of Topliss-reactive ketones (excluding diaryl/α,β-unsaturated/α-hetero) is 1. The molecule has 244 valence electrons. The minimum atomic E-state index is -0.0921. The Morgan fingerprint density at radius 2 is 1.62 bits per heavy atom. The van der Waals surface area contributed by atoms with Crippen molar-refractivity contribution < 1.29 is 14.0 Å². The van der Waals surface area contributed by atoms with E-state index in [0.717, 1.165) is 18.4 Å². The Morgan fingerprint density at radius 1 is 0.875 bits per heavy atom. The maximum Gasteiger partial charge on any atom is 0.292 e. The van der Waals surface area contributed by atoms with Gasteiger partial charge in [-0.25, -0.2) is 34.6 Å². The number of anilines is 3. The lowest BCUT2D eigenvalue weighted by Crippen LogP contribution is -2.49. The van der Waals surface area contributed by atoms with Crippen LogP contribution in [0, 0.1) is 6.92 Å². The number of hydrogen-bond donors (Lipinski definition) is 2. The van der Waals surface area contributed by atoms with Gasteiger partial charge in [-0.2, -0.15) is 10.1 Å². The maximum absolute atomic E-state index is 12.9. The Kier molecular flexibility index (Phi) is 8.27. The number of rotatable bonds is 10. The minimum Gasteiger partial charge on any atom is -0.424 e. The van der Waals surface area contributed by atoms with Gasteiger partial charge in [0.25, 0.3) is 11.9 Å². The quantitative estimate of drug-likeness (QED) is 0.161. The van der Waals surface area contributed by atoms with Crippen LogP contribution in [0.5, 0.6) is 0 Å². The standard InChI is InChI=1S/C32H33N13O3/c1-19-35-16-22(17-36-19)30(47)43-9-11-44(12-10-43)32-37-14-21(15-38-32)24(46)5-3-2-4-8-45-29-26(28(33)39-18-40-29)27(42-45)20-6-7-25-23(13-20)41-31(34)48-25/h6-7,13-18H,2-5,8-12H2,1H3,(H2,34,41)(H2,33,39,40). The number of carbonyl (C=O) groups excluding carboxylic acids is 2. The lowest BCUT2D eigenvalue weighted by Gasteiger charge is -2.34. The molecule has 0 unspecified atom stereocenters. The third-order valence-corrected chi connectivity index (χ3v) is 8.35. The molecule has 7 rings (SSSR count). The molecule has 5 aromatic heterocycles. The number of unbranched alkanes of at least 4 members (excludes halogenated alkanes) is 2. The summed E-state index contributed by atoms with van der Waals surface area (Å²) in [6, 6.07) is 5.61. The van der Waals surface area contributed by atoms with Crippen molar-refractivity contribution in [1.29, 1.82) is 0 Å². The molecular weight excluding hydrogens is 614 g/mol. The number of hydrogen-bond acceptors (Lipinski definition) is 14. The number of aromatic nitrogens is 9. The van der Waals surface area contributed by atoms with Crippen molar-refractivity contribution in [2.75, 3.05) is 42.5 Å². The van der Waals surface area contributed by atoms with Crippen LogP contribution in [-0.2, 0) is 6.54 Å². The number of piperazine rings is 1. The van der Waals surface area contributed by atoms with Crippen molar-refractivity contribution in [2.45, 2.75) is 39.2 Å². The van der Waals surface area contributed by atoms with Crippen molar-refractivity contribution in [3.63, 3.8) is 0 Å². The molecule has 0 aliphatic carbocycles. The fraction of sp³-hybridized carbons (Fsp3) is 0.312. The fourth-order valence-electron chi connectivity index (χ4n) is 5.77. The van der Waals surface area contributed by atoms with Crippen molar-refractivity contribution in [2.24, 2.45) is 0 Å². The van der Waals surface area contributed by atoms with Gasteiger partial charge >= 0.3 is 0 Å². The number of oxazole rings is 1. The second-order valence-electron chi connectivity index (χ2n) is 11.6. The van der Waals surface area contributed by atoms with E-state index in [1.807, 2.05) is 21.7 Å². The van der Waals surface area contributed by atoms with E-state index in [4.69, 9.17) is 21.0 Å². The number of nitrogens with zero attached hydrogens (tertiary/aromatic N) is 11. The summed E-state index contributed by atoms with van der Waals surface area (Å²) in [5, 5.41) is 5.49. The molecule has 0 saturated carbocycles. The average molecular weight is 648 g/mol. The highest BCUT2D eigenvalue weighted by Crippen LogP contribution is 2.32. The number of fused-ring (bicyclic) bond motifs is 2. The number of aryl methyl sites for hydroxylation is 2. The molecule has 0 spiro atoms. The van der Waals surface area contributed by atoms with Gasteiger partial charge in [-0.05, 0) is 38.0 Å². The molecule has 1 aliphatic rings. The van der Waals surface area contributed by atoms with Gasteiger partial charge in [-0.3, -0.25) is 9.59 Å². The number of benzene rings is 1. The van der Waals surface area contributed by atoms with Crippen LogP contribution in [0.1, 0.15) is 52.2 Å². The molecule has 16 nitrogen and oxygen atoms in total. The predicted octanol–water partition coefficient (Wildman–Crippen LogP) is 3.09. The Bertz CT molecular complexity index is 2100. The summed E-state index contributed by atoms with van der Waals surface area (Å²) in [5.74, 6) is 1.40. The first-order valence-electron chi connectivity index (χ1n) is 15.7. The zero-order valence-electron chi connectivity index (χ0n) is 26.3. The summed E-state index contributed by atoms with van der Waals surface area (Å²) < 4.78 is 7.22. The van der Waals surface area contributed by atoms with Crippen LogP contribution in [-0.4, -0.2) is 87.4 Å². The zero-order valence-corrected chi connectivity index (χ0v) is 26.3. The monoisotopic (exact) mass is 647 g/mol. The predicted molar refractivity (Wildman–Crippen MR) is 177 cm³/mol. The van der Waals surface area contributed by atoms with Crippen LogP contribution in [0.3, 0.4) is 0 Å². The highest BCUT2D eigenvalue weighted by Gasteiger charge is 2.24. The molecule has 4 N–H and O–H groups in total. The zero-order chi connectivity index (χ0) is 33.2. The SMILES string of the molecule is Cc1ncc(C(=O)N2CCN(c3ncc(C(=O)CCCCCn4nc(-c5ccc6oc(N)nc6c5)c5c(N)ncnc54)cn3)CC2)cn1. The van der Waals surface area contributed by atoms with E-state index in [1.54, 1.807) is 42.7 Å². The van der Waals surface area contributed by atoms with Gasteiger partial charge in [0.05, 0.1) is 16.5 Å². The summed E-state index contributed by atoms with van der Waals surface area (Å²) >= 11 is 0. The van der Waals surface area contributed by atoms with Gasteiger partial charge in [-0.15, -0.1) is 0 Å². The highest BCUT2D eigenvalue weighted by atomic mass is 16.4. The topological polar surface area (TPSA) is 214 Å². The molecule has 1 aliphatic heterocycles. The van der Waals surface area contributed by atoms with Gasteiger partial charge in [0.15, 0.2) is 17.0 Å². The largest absolute Gasteiger partial charge is 0.424 e. The van der Waals surface area contributed by atoms with E-state index < -0.39 is 0 Å². The van der Waals surface area contributed by atoms with Crippen molar-refractivity contribution in [1.82, 2.24) is 49.6 Å². The van der Waals surface area contributed by atoms with E-state index in [0.29, 0.717) is 102 Å². The van der Waals surface area contributed by atoms with E-state index in [9.17, 15) is 9.59 Å². The number of amides is 1. The van der Waals surface area contributed by atoms with Crippen molar-refractivity contribution >= 4 is 51.6 Å². The number of carbonyl (C=O) groups is 2. The Balaban J connectivity index is 0.906. The smallest absolute Gasteiger partial charge is 0.292 e. The molecule has 1 fully saturated rings. The molecule has 0 bridgehead atoms. The molecule has 0 radical (unpaired) electrons. The summed E-state index contributed by atoms with van der Waals surface area (Å²) in [7, 11) is 0. The van der Waals surface area contributed by atoms with E-state index in [1.165, 1.54) is 6.33 Å². The molecule has 6 heterocycles. The summed E-state index contributed by atoms with van der Waals surface area (Å²) in [4.78, 5) is 59.4. The molecule has 6 aromatic rings. The number of nitrogens with two attached hydrogens (primary N) is 2. The first kappa shape index (κ1) is 30.6. The van der Waals surface area contributed by atoms with E-state index >= 15 is 0 Å². The van der Waals surface area contributed by atoms with E-state index in [-0.39, 0.29) is 17.7 Å². The molecular formula is C32H33N13O3. The van der Waals surface area contributed by atoms with E-state index in [2.05, 4.69) is 34.9 Å². The van der Waals surface area contributed by atoms with Crippen LogP contribution in [0.2, 0.25) is 0 Å². The molecule has 48 heavy (non-hydrogen) atoms. The van der Waals surface area contributed by atoms with Crippen LogP contribution >= 0.6 is 0 Å². The van der Waals surface area contributed by atoms with Gasteiger partial charge in [-0.1, -0.05) is 6.42 Å². The van der Waals surface area contributed by atoms with Crippen LogP contribution < -0.4 is 16.4 Å². The summed E-state index contributed by atoms with van der Waals surface area (Å²) in [6.45, 7) is 4.60. The lowest BCUT2D eigenvalue weighted by atomic mass is 10.1. The first-order chi connectivity index (χ1) is 23.3. The Morgan fingerprint density at radius 3 is 2.40 bits per heavy atom. The van der Waals surface area contributed by atoms with Gasteiger partial charge < -0.3 is 25.7 Å². The third-order valence-electron chi connectivity index (χ3n) is 8.35. The Hall–Kier alpha value is -6.06. The first-order valence-corrected chi connectivity index (χ1v) is 15.7. The third kappa shape index (κ3) is 6.19. The molecule has 1 aromatic carbocycles. The fourth-order valence-corrected chi connectivity index (χ4v) is 5.77. The van der Waals surface area contributed by atoms with Crippen LogP contribution in [0.25, 0.3) is 33.4 Å². The second-order valence-corrected chi connectivity index (χ2v) is 11.6. The molecule has 16 heteroatoms. The maximum atomic E-state index is 12.9. The van der Waals surface area contributed by atoms with Gasteiger partial charge in [0, 0.05) is 69.5 Å². The second kappa shape index (κ2) is 13.0. The number of ketones is 1. The normalized spacial score (nSPS) is 13.4. The summed E-state index contributed by atoms with van der Waals surface area (Å²) in [5.41, 5.74) is 16.2.